The van der Waals surface area contributed by atoms with Gasteiger partial charge in [0.15, 0.2) is 0 Å². The van der Waals surface area contributed by atoms with Crippen molar-refractivity contribution >= 4 is 25.3 Å². The van der Waals surface area contributed by atoms with Crippen LogP contribution in [0.2, 0.25) is 0 Å². The van der Waals surface area contributed by atoms with Crippen LogP contribution in [0.1, 0.15) is 59.8 Å². The molecule has 0 aromatic heterocycles. The number of rotatable bonds is 10. The van der Waals surface area contributed by atoms with Crippen LogP contribution in [0.3, 0.4) is 0 Å². The molecular formula is C16H31FmN2O6-. The molecule has 0 saturated carbocycles. The Morgan fingerprint density at radius 1 is 1.16 bits per heavy atom. The molecule has 3 N–H and O–H groups in total. The van der Waals surface area contributed by atoms with E-state index in [1.165, 1.54) is 0 Å². The summed E-state index contributed by atoms with van der Waals surface area (Å²) in [5.74, 6) is 0.131. The number of carbonyl (C=O) groups excluding carboxylic acids is 3. The molecule has 0 spiro atoms. The third-order valence-corrected chi connectivity index (χ3v) is 2.25. The second kappa shape index (κ2) is 23.2. The van der Waals surface area contributed by atoms with Gasteiger partial charge < -0.3 is 25.3 Å². The van der Waals surface area contributed by atoms with Crippen molar-refractivity contribution in [2.24, 2.45) is 0 Å². The first kappa shape index (κ1) is 29.8. The van der Waals surface area contributed by atoms with E-state index in [0.717, 1.165) is 32.2 Å². The van der Waals surface area contributed by atoms with Crippen LogP contribution in [0.25, 0.3) is 0 Å². The maximum absolute atomic E-state index is 11.0. The Kier molecular flexibility index (Phi) is 27.6. The SMILES string of the molecule is CC(C)(C)OC=O.CCCC(=O)NCCCCCN[C-]=O.O=CO.[Fm]. The van der Waals surface area contributed by atoms with Gasteiger partial charge in [-0.15, -0.1) is 0 Å². The van der Waals surface area contributed by atoms with Gasteiger partial charge in [-0.2, -0.15) is 6.41 Å². The van der Waals surface area contributed by atoms with Gasteiger partial charge in [-0.25, -0.2) is 0 Å². The zero-order valence-corrected chi connectivity index (χ0v) is 17.8. The van der Waals surface area contributed by atoms with Gasteiger partial charge in [0.1, 0.15) is 5.60 Å². The molecule has 154 valence electrons. The Bertz CT molecular complexity index is 322. The molecule has 2 amide bonds. The van der Waals surface area contributed by atoms with E-state index in [1.54, 1.807) is 6.41 Å². The second-order valence-electron chi connectivity index (χ2n) is 5.62. The number of hydrogen-bond donors (Lipinski definition) is 3. The summed E-state index contributed by atoms with van der Waals surface area (Å²) in [7, 11) is 0. The summed E-state index contributed by atoms with van der Waals surface area (Å²) in [5.41, 5.74) is -0.318. The second-order valence-corrected chi connectivity index (χ2v) is 5.62. The Hall–Kier alpha value is -3.12. The maximum atomic E-state index is 11.0. The zero-order chi connectivity index (χ0) is 19.3. The van der Waals surface area contributed by atoms with Crippen LogP contribution in [0.5, 0.6) is 0 Å². The summed E-state index contributed by atoms with van der Waals surface area (Å²) in [4.78, 5) is 38.7. The topological polar surface area (TPSA) is 122 Å². The normalized spacial score (nSPS) is 8.80. The molecule has 9 heteroatoms. The van der Waals surface area contributed by atoms with Crippen LogP contribution in [0.4, 0.5) is 0 Å². The predicted octanol–water partition coefficient (Wildman–Crippen LogP) is 1.39. The Morgan fingerprint density at radius 2 is 1.68 bits per heavy atom. The molecule has 0 aliphatic heterocycles. The van der Waals surface area contributed by atoms with Crippen molar-refractivity contribution < 1.29 is 29.0 Å². The van der Waals surface area contributed by atoms with Gasteiger partial charge in [0.05, 0.1) is 0 Å². The number of carboxylic acid groups (broad SMARTS) is 1. The van der Waals surface area contributed by atoms with Crippen molar-refractivity contribution in [1.29, 1.82) is 0 Å². The minimum absolute atomic E-state index is 0. The molecule has 0 aromatic rings. The minimum atomic E-state index is -0.318. The van der Waals surface area contributed by atoms with E-state index in [-0.39, 0.29) is 18.0 Å². The van der Waals surface area contributed by atoms with E-state index in [9.17, 15) is 14.4 Å². The Labute approximate surface area is 144 Å². The summed E-state index contributed by atoms with van der Waals surface area (Å²) >= 11 is 0. The Morgan fingerprint density at radius 3 is 2.04 bits per heavy atom. The summed E-state index contributed by atoms with van der Waals surface area (Å²) < 4.78 is 4.55. The van der Waals surface area contributed by atoms with Crippen LogP contribution in [-0.4, -0.2) is 49.1 Å². The van der Waals surface area contributed by atoms with Crippen LogP contribution in [0.15, 0.2) is 0 Å². The predicted molar refractivity (Wildman–Crippen MR) is 91.1 cm³/mol. The van der Waals surface area contributed by atoms with E-state index < -0.39 is 0 Å². The summed E-state index contributed by atoms with van der Waals surface area (Å²) in [6.07, 6.45) is 6.06. The molecule has 0 atom stereocenters. The number of carbonyl (C=O) groups is 3. The van der Waals surface area contributed by atoms with Crippen LogP contribution in [-0.2, 0) is 23.9 Å². The van der Waals surface area contributed by atoms with Crippen molar-refractivity contribution in [2.75, 3.05) is 13.1 Å². The Balaban J connectivity index is -0.000000169. The fraction of sp³-hybridized carbons (Fsp3) is 0.750. The van der Waals surface area contributed by atoms with Crippen LogP contribution in [0, 0.1) is 0 Å². The molecule has 0 radical (unpaired) electrons. The molecule has 0 fully saturated rings. The first-order chi connectivity index (χ1) is 11.3. The largest absolute Gasteiger partial charge is 0.530 e. The third kappa shape index (κ3) is 44.9. The molecule has 0 aliphatic carbocycles. The molecule has 0 unspecified atom stereocenters. The fourth-order valence-electron chi connectivity index (χ4n) is 1.25. The first-order valence-corrected chi connectivity index (χ1v) is 7.85. The van der Waals surface area contributed by atoms with E-state index in [2.05, 4.69) is 15.4 Å². The van der Waals surface area contributed by atoms with E-state index in [4.69, 9.17) is 9.90 Å². The summed E-state index contributed by atoms with van der Waals surface area (Å²) in [5, 5.41) is 12.2. The molecule has 0 heterocycles. The molecule has 8 nitrogen and oxygen atoms in total. The number of amides is 2. The van der Waals surface area contributed by atoms with Gasteiger partial charge in [-0.3, -0.25) is 14.4 Å². The number of nitrogens with one attached hydrogen (secondary N) is 2. The molecule has 0 aliphatic rings. The first-order valence-electron chi connectivity index (χ1n) is 7.85. The zero-order valence-electron chi connectivity index (χ0n) is 15.4. The summed E-state index contributed by atoms with van der Waals surface area (Å²) in [6.45, 7) is 9.07. The standard InChI is InChI=1S/C10H19N2O2.C5H10O2.CH2O2.Fm/c1-2-6-10(14)12-8-5-3-4-7-11-9-13;1-5(2,3)7-4-6;2-1-3;/h2-8H2,1H3,(H,11,13)(H,12,14);4H,1-3H3;1H,(H,2,3);/q-1;;;. The van der Waals surface area contributed by atoms with Crippen LogP contribution >= 0.6 is 0 Å². The van der Waals surface area contributed by atoms with Crippen molar-refractivity contribution in [3.8, 4) is 0 Å². The quantitative estimate of drug-likeness (QED) is 0.150. The van der Waals surface area contributed by atoms with Crippen LogP contribution < -0.4 is 10.6 Å². The monoisotopic (exact) mass is 604 g/mol. The molecule has 0 rings (SSSR count). The number of hydrogen-bond acceptors (Lipinski definition) is 5. The van der Waals surface area contributed by atoms with Gasteiger partial charge in [-0.05, 0) is 46.6 Å². The van der Waals surface area contributed by atoms with E-state index in [1.807, 2.05) is 27.7 Å². The van der Waals surface area contributed by atoms with E-state index >= 15 is 0 Å². The smallest absolute Gasteiger partial charge is 0.293 e. The van der Waals surface area contributed by atoms with Crippen molar-refractivity contribution in [2.45, 2.75) is 65.4 Å². The molecule has 25 heavy (non-hydrogen) atoms. The maximum Gasteiger partial charge on any atom is 0.293 e. The molecule has 0 saturated heterocycles. The van der Waals surface area contributed by atoms with E-state index in [0.29, 0.717) is 19.4 Å². The number of unbranched alkanes of at least 4 members (excludes halogenated alkanes) is 2. The average Bonchev–Trinajstić information content (AvgIpc) is 2.47. The van der Waals surface area contributed by atoms with Gasteiger partial charge in [0.25, 0.3) is 12.9 Å². The number of ether oxygens (including phenoxy) is 1. The average molecular weight is 604 g/mol. The molecule has 0 aromatic carbocycles. The minimum Gasteiger partial charge on any atom is -0.530 e. The van der Waals surface area contributed by atoms with Crippen molar-refractivity contribution in [3.05, 3.63) is 0 Å². The van der Waals surface area contributed by atoms with Gasteiger partial charge in [0.2, 0.25) is 5.91 Å². The third-order valence-electron chi connectivity index (χ3n) is 2.25. The van der Waals surface area contributed by atoms with Gasteiger partial charge in [-0.1, -0.05) is 13.3 Å². The fourth-order valence-corrected chi connectivity index (χ4v) is 1.25. The summed E-state index contributed by atoms with van der Waals surface area (Å²) in [6, 6.07) is 0. The molecule has 0 bridgehead atoms. The van der Waals surface area contributed by atoms with Crippen molar-refractivity contribution in [1.82, 2.24) is 10.6 Å². The van der Waals surface area contributed by atoms with Crippen molar-refractivity contribution in [3.63, 3.8) is 0 Å². The van der Waals surface area contributed by atoms with Gasteiger partial charge >= 0.3 is 0 Å². The van der Waals surface area contributed by atoms with Gasteiger partial charge in [0, 0.05) is 13.0 Å². The molecular weight excluding hydrogens is 573 g/mol.